The molecular formula is C37H43N9O7. The van der Waals surface area contributed by atoms with E-state index in [9.17, 15) is 24.0 Å². The predicted octanol–water partition coefficient (Wildman–Crippen LogP) is 3.02. The van der Waals surface area contributed by atoms with E-state index in [0.717, 1.165) is 5.56 Å². The van der Waals surface area contributed by atoms with Crippen molar-refractivity contribution < 1.29 is 32.8 Å². The highest BCUT2D eigenvalue weighted by molar-refractivity contribution is 5.98. The summed E-state index contributed by atoms with van der Waals surface area (Å²) in [5.41, 5.74) is 0.837. The van der Waals surface area contributed by atoms with Crippen LogP contribution in [0.2, 0.25) is 0 Å². The molecule has 0 saturated carbocycles. The number of rotatable bonds is 7. The minimum atomic E-state index is -1.06. The molecule has 1 aromatic carbocycles. The summed E-state index contributed by atoms with van der Waals surface area (Å²) in [6, 6.07) is 6.55. The summed E-state index contributed by atoms with van der Waals surface area (Å²) in [5, 5.41) is 11.5. The second kappa shape index (κ2) is 15.8. The van der Waals surface area contributed by atoms with Gasteiger partial charge in [-0.2, -0.15) is 0 Å². The zero-order valence-corrected chi connectivity index (χ0v) is 30.2. The van der Waals surface area contributed by atoms with Gasteiger partial charge in [0.25, 0.3) is 17.7 Å². The predicted molar refractivity (Wildman–Crippen MR) is 188 cm³/mol. The van der Waals surface area contributed by atoms with Crippen LogP contribution < -0.4 is 21.3 Å². The number of hydrogen-bond acceptors (Lipinski definition) is 11. The molecule has 0 spiro atoms. The summed E-state index contributed by atoms with van der Waals surface area (Å²) in [5.74, 6) is -2.08. The van der Waals surface area contributed by atoms with Crippen molar-refractivity contribution in [3.63, 3.8) is 0 Å². The van der Waals surface area contributed by atoms with Crippen LogP contribution in [0.5, 0.6) is 0 Å². The van der Waals surface area contributed by atoms with Gasteiger partial charge in [-0.25, -0.2) is 19.9 Å². The van der Waals surface area contributed by atoms with Gasteiger partial charge in [-0.1, -0.05) is 58.0 Å². The van der Waals surface area contributed by atoms with Crippen molar-refractivity contribution in [2.45, 2.75) is 90.0 Å². The number of carbonyl (C=O) groups excluding carboxylic acids is 5. The second-order valence-corrected chi connectivity index (χ2v) is 14.1. The Kier molecular flexibility index (Phi) is 11.0. The van der Waals surface area contributed by atoms with Gasteiger partial charge in [-0.15, -0.1) is 0 Å². The molecule has 2 aliphatic rings. The Morgan fingerprint density at radius 2 is 1.60 bits per heavy atom. The van der Waals surface area contributed by atoms with Gasteiger partial charge >= 0.3 is 0 Å². The molecule has 1 fully saturated rings. The van der Waals surface area contributed by atoms with Crippen LogP contribution in [0.3, 0.4) is 0 Å². The molecule has 4 bridgehead atoms. The van der Waals surface area contributed by atoms with Gasteiger partial charge in [-0.3, -0.25) is 24.0 Å². The van der Waals surface area contributed by atoms with Crippen molar-refractivity contribution in [1.82, 2.24) is 46.1 Å². The molecule has 4 aromatic rings. The number of nitrogens with zero attached hydrogens (tertiary/aromatic N) is 5. The van der Waals surface area contributed by atoms with Crippen molar-refractivity contribution in [3.8, 4) is 0 Å². The van der Waals surface area contributed by atoms with Crippen molar-refractivity contribution >= 4 is 29.5 Å². The standard InChI is InChI=1S/C37H43N9O7/c1-19(2)13-25-32(48)39-21(5)35-45-28(18-52-35)37(51)46-16-23(40-31(47)24-11-12-38-30(41-24)20(3)4)15-29(46)34(50)43-26(14-22-9-7-6-8-10-22)36-44-27(17-53-36)33(49)42-25/h6-12,17-21,23,25-26,29H,13-16H2,1-5H3,(H,39,48)(H,40,47)(H,42,49)(H,43,50)/t21-,23+,25-,26+,29+/m1/s1. The highest BCUT2D eigenvalue weighted by Gasteiger charge is 2.43. The number of hydrogen-bond donors (Lipinski definition) is 4. The first-order chi connectivity index (χ1) is 25.4. The number of amides is 5. The number of fused-ring (bicyclic) bond motifs is 5. The lowest BCUT2D eigenvalue weighted by atomic mass is 10.0. The quantitative estimate of drug-likeness (QED) is 0.217. The van der Waals surface area contributed by atoms with Crippen LogP contribution in [0.4, 0.5) is 0 Å². The lowest BCUT2D eigenvalue weighted by Crippen LogP contribution is -2.48. The highest BCUT2D eigenvalue weighted by atomic mass is 16.3. The number of aromatic nitrogens is 4. The molecule has 6 rings (SSSR count). The van der Waals surface area contributed by atoms with Crippen LogP contribution in [-0.4, -0.2) is 79.0 Å². The van der Waals surface area contributed by atoms with Gasteiger partial charge < -0.3 is 35.0 Å². The van der Waals surface area contributed by atoms with Crippen LogP contribution in [0.1, 0.15) is 120 Å². The zero-order chi connectivity index (χ0) is 37.8. The minimum Gasteiger partial charge on any atom is -0.446 e. The molecule has 0 aliphatic carbocycles. The van der Waals surface area contributed by atoms with Crippen LogP contribution in [0.25, 0.3) is 0 Å². The molecule has 0 unspecified atom stereocenters. The average Bonchev–Trinajstić information content (AvgIpc) is 3.91. The van der Waals surface area contributed by atoms with Gasteiger partial charge in [0.05, 0.1) is 0 Å². The third-order valence-corrected chi connectivity index (χ3v) is 9.07. The second-order valence-electron chi connectivity index (χ2n) is 14.1. The average molecular weight is 726 g/mol. The van der Waals surface area contributed by atoms with Crippen molar-refractivity contribution in [2.75, 3.05) is 6.54 Å². The van der Waals surface area contributed by atoms with Gasteiger partial charge in [0, 0.05) is 31.1 Å². The van der Waals surface area contributed by atoms with E-state index in [2.05, 4.69) is 41.2 Å². The lowest BCUT2D eigenvalue weighted by molar-refractivity contribution is -0.126. The minimum absolute atomic E-state index is 0.00314. The van der Waals surface area contributed by atoms with Crippen LogP contribution in [-0.2, 0) is 16.0 Å². The highest BCUT2D eigenvalue weighted by Crippen LogP contribution is 2.26. The third-order valence-electron chi connectivity index (χ3n) is 9.07. The molecule has 278 valence electrons. The molecule has 4 N–H and O–H groups in total. The number of oxazole rings is 2. The van der Waals surface area contributed by atoms with Crippen LogP contribution in [0, 0.1) is 5.92 Å². The fourth-order valence-electron chi connectivity index (χ4n) is 6.36. The molecule has 3 aromatic heterocycles. The molecule has 5 atom stereocenters. The first-order valence-corrected chi connectivity index (χ1v) is 17.7. The Morgan fingerprint density at radius 3 is 2.34 bits per heavy atom. The summed E-state index contributed by atoms with van der Waals surface area (Å²) in [4.78, 5) is 87.3. The number of benzene rings is 1. The molecule has 16 nitrogen and oxygen atoms in total. The van der Waals surface area contributed by atoms with Crippen molar-refractivity contribution in [1.29, 1.82) is 0 Å². The van der Waals surface area contributed by atoms with Crippen LogP contribution >= 0.6 is 0 Å². The maximum absolute atomic E-state index is 14.3. The maximum Gasteiger partial charge on any atom is 0.276 e. The van der Waals surface area contributed by atoms with Crippen molar-refractivity contribution in [3.05, 3.63) is 95.4 Å². The number of carbonyl (C=O) groups is 5. The first kappa shape index (κ1) is 36.8. The topological polar surface area (TPSA) is 215 Å². The summed E-state index contributed by atoms with van der Waals surface area (Å²) in [6.45, 7) is 9.29. The summed E-state index contributed by atoms with van der Waals surface area (Å²) in [6.07, 6.45) is 4.49. The summed E-state index contributed by atoms with van der Waals surface area (Å²) >= 11 is 0. The first-order valence-electron chi connectivity index (χ1n) is 17.7. The lowest BCUT2D eigenvalue weighted by Gasteiger charge is -2.25. The van der Waals surface area contributed by atoms with Gasteiger partial charge in [0.15, 0.2) is 11.4 Å². The van der Waals surface area contributed by atoms with E-state index in [1.54, 1.807) is 6.92 Å². The smallest absolute Gasteiger partial charge is 0.276 e. The molecule has 1 saturated heterocycles. The largest absolute Gasteiger partial charge is 0.446 e. The summed E-state index contributed by atoms with van der Waals surface area (Å²) in [7, 11) is 0. The van der Waals surface area contributed by atoms with E-state index >= 15 is 0 Å². The number of nitrogens with one attached hydrogen (secondary N) is 4. The van der Waals surface area contributed by atoms with Gasteiger partial charge in [-0.05, 0) is 37.3 Å². The monoisotopic (exact) mass is 725 g/mol. The molecule has 53 heavy (non-hydrogen) atoms. The normalized spacial score (nSPS) is 22.5. The Morgan fingerprint density at radius 1 is 0.887 bits per heavy atom. The van der Waals surface area contributed by atoms with Crippen LogP contribution in [0.15, 0.2) is 64.0 Å². The van der Waals surface area contributed by atoms with E-state index in [4.69, 9.17) is 8.83 Å². The molecular weight excluding hydrogens is 682 g/mol. The summed E-state index contributed by atoms with van der Waals surface area (Å²) < 4.78 is 11.4. The molecule has 5 amide bonds. The molecule has 2 aliphatic heterocycles. The molecule has 16 heteroatoms. The Hall–Kier alpha value is -5.93. The molecule has 0 radical (unpaired) electrons. The van der Waals surface area contributed by atoms with E-state index < -0.39 is 59.7 Å². The van der Waals surface area contributed by atoms with E-state index in [1.165, 1.54) is 29.7 Å². The van der Waals surface area contributed by atoms with Gasteiger partial charge in [0.2, 0.25) is 23.6 Å². The fourth-order valence-corrected chi connectivity index (χ4v) is 6.36. The zero-order valence-electron chi connectivity index (χ0n) is 30.2. The van der Waals surface area contributed by atoms with E-state index in [-0.39, 0.29) is 60.1 Å². The van der Waals surface area contributed by atoms with E-state index in [1.807, 2.05) is 58.0 Å². The Bertz CT molecular complexity index is 1970. The third kappa shape index (κ3) is 8.59. The SMILES string of the molecule is CC(C)C[C@H]1NC(=O)c2coc(n2)[C@H](Cc2ccccc2)NC(=O)[C@@H]2C[C@H](NC(=O)c3ccnc(C(C)C)n3)CN2C(=O)c2coc(n2)[C@@H](C)NC1=O. The fraction of sp³-hybridized carbons (Fsp3) is 0.432. The van der Waals surface area contributed by atoms with Crippen molar-refractivity contribution in [2.24, 2.45) is 5.92 Å². The van der Waals surface area contributed by atoms with E-state index in [0.29, 0.717) is 12.2 Å². The molecule has 5 heterocycles. The Labute approximate surface area is 305 Å². The Balaban J connectivity index is 1.35. The van der Waals surface area contributed by atoms with Gasteiger partial charge in [0.1, 0.15) is 48.2 Å². The maximum atomic E-state index is 14.3.